The molecular formula is C17H17Cl2N. The zero-order valence-corrected chi connectivity index (χ0v) is 13.0. The Balaban J connectivity index is 2.16. The number of benzene rings is 2. The van der Waals surface area contributed by atoms with Crippen molar-refractivity contribution in [3.05, 3.63) is 58.6 Å². The van der Waals surface area contributed by atoms with E-state index in [9.17, 15) is 0 Å². The zero-order valence-electron chi connectivity index (χ0n) is 11.4. The molecule has 0 spiro atoms. The fraction of sp³-hybridized carbons (Fsp3) is 0.294. The van der Waals surface area contributed by atoms with Gasteiger partial charge >= 0.3 is 0 Å². The molecule has 1 heterocycles. The van der Waals surface area contributed by atoms with Crippen LogP contribution in [0.3, 0.4) is 0 Å². The minimum atomic E-state index is 0.475. The molecule has 0 saturated heterocycles. The molecule has 20 heavy (non-hydrogen) atoms. The maximum Gasteiger partial charge on any atom is 0.0646 e. The van der Waals surface area contributed by atoms with Crippen molar-refractivity contribution in [1.82, 2.24) is 0 Å². The summed E-state index contributed by atoms with van der Waals surface area (Å²) in [7, 11) is 0. The van der Waals surface area contributed by atoms with Gasteiger partial charge in [-0.05, 0) is 35.6 Å². The molecule has 0 aromatic heterocycles. The second-order valence-electron chi connectivity index (χ2n) is 5.43. The average Bonchev–Trinajstić information content (AvgIpc) is 2.46. The van der Waals surface area contributed by atoms with Gasteiger partial charge in [0, 0.05) is 18.1 Å². The van der Waals surface area contributed by atoms with Gasteiger partial charge in [0.05, 0.1) is 10.7 Å². The first kappa shape index (κ1) is 13.8. The molecule has 0 radical (unpaired) electrons. The first-order valence-corrected chi connectivity index (χ1v) is 7.80. The largest absolute Gasteiger partial charge is 0.340 e. The highest BCUT2D eigenvalue weighted by Crippen LogP contribution is 2.40. The van der Waals surface area contributed by atoms with Crippen LogP contribution in [-0.2, 0) is 12.3 Å². The summed E-state index contributed by atoms with van der Waals surface area (Å²) in [6.07, 6.45) is 1.12. The molecule has 3 rings (SSSR count). The summed E-state index contributed by atoms with van der Waals surface area (Å²) in [5, 5.41) is 0.770. The van der Waals surface area contributed by atoms with E-state index in [4.69, 9.17) is 23.2 Å². The predicted molar refractivity (Wildman–Crippen MR) is 87.3 cm³/mol. The molecule has 2 aromatic carbocycles. The number of hydrogen-bond donors (Lipinski definition) is 0. The Labute approximate surface area is 130 Å². The van der Waals surface area contributed by atoms with Gasteiger partial charge in [0.15, 0.2) is 0 Å². The van der Waals surface area contributed by atoms with Crippen molar-refractivity contribution >= 4 is 34.6 Å². The van der Waals surface area contributed by atoms with E-state index in [1.165, 1.54) is 11.3 Å². The number of hydrogen-bond acceptors (Lipinski definition) is 1. The fourth-order valence-corrected chi connectivity index (χ4v) is 3.49. The van der Waals surface area contributed by atoms with Crippen molar-refractivity contribution in [3.63, 3.8) is 0 Å². The molecule has 1 nitrogen and oxygen atoms in total. The molecule has 1 atom stereocenters. The maximum atomic E-state index is 6.46. The number of para-hydroxylation sites is 2. The van der Waals surface area contributed by atoms with Gasteiger partial charge in [0.1, 0.15) is 0 Å². The summed E-state index contributed by atoms with van der Waals surface area (Å²) in [4.78, 5) is 2.32. The van der Waals surface area contributed by atoms with Crippen LogP contribution < -0.4 is 4.90 Å². The highest BCUT2D eigenvalue weighted by molar-refractivity contribution is 6.33. The van der Waals surface area contributed by atoms with E-state index in [2.05, 4.69) is 42.2 Å². The number of alkyl halides is 1. The van der Waals surface area contributed by atoms with Gasteiger partial charge in [-0.25, -0.2) is 0 Å². The molecule has 2 aromatic rings. The van der Waals surface area contributed by atoms with E-state index >= 15 is 0 Å². The Kier molecular flexibility index (Phi) is 3.91. The Morgan fingerprint density at radius 3 is 2.75 bits per heavy atom. The van der Waals surface area contributed by atoms with Crippen LogP contribution >= 0.6 is 23.2 Å². The molecule has 0 bridgehead atoms. The topological polar surface area (TPSA) is 3.24 Å². The van der Waals surface area contributed by atoms with E-state index < -0.39 is 0 Å². The third-order valence-corrected chi connectivity index (χ3v) is 4.42. The van der Waals surface area contributed by atoms with Crippen molar-refractivity contribution in [2.45, 2.75) is 19.2 Å². The van der Waals surface area contributed by atoms with Gasteiger partial charge in [-0.2, -0.15) is 0 Å². The van der Waals surface area contributed by atoms with Gasteiger partial charge in [0.2, 0.25) is 0 Å². The van der Waals surface area contributed by atoms with Gasteiger partial charge in [0.25, 0.3) is 0 Å². The molecule has 1 aliphatic heterocycles. The number of fused-ring (bicyclic) bond motifs is 1. The highest BCUT2D eigenvalue weighted by Gasteiger charge is 2.25. The normalized spacial score (nSPS) is 17.9. The van der Waals surface area contributed by atoms with Crippen LogP contribution in [0.2, 0.25) is 5.02 Å². The van der Waals surface area contributed by atoms with E-state index in [1.54, 1.807) is 0 Å². The predicted octanol–water partition coefficient (Wildman–Crippen LogP) is 5.41. The SMILES string of the molecule is CC1Cc2ccccc2N(c2c(Cl)cccc2CCl)C1. The summed E-state index contributed by atoms with van der Waals surface area (Å²) in [5.74, 6) is 1.08. The standard InChI is InChI=1S/C17H17Cl2N/c1-12-9-13-5-2-3-8-16(13)20(11-12)17-14(10-18)6-4-7-15(17)19/h2-8,12H,9-11H2,1H3. The summed E-state index contributed by atoms with van der Waals surface area (Å²) in [6.45, 7) is 3.25. The van der Waals surface area contributed by atoms with Crippen molar-refractivity contribution in [1.29, 1.82) is 0 Å². The fourth-order valence-electron chi connectivity index (χ4n) is 2.98. The quantitative estimate of drug-likeness (QED) is 0.671. The number of halogens is 2. The van der Waals surface area contributed by atoms with Gasteiger partial charge in [-0.1, -0.05) is 48.9 Å². The molecule has 0 aliphatic carbocycles. The Hall–Kier alpha value is -1.18. The average molecular weight is 306 g/mol. The van der Waals surface area contributed by atoms with Crippen LogP contribution in [0.25, 0.3) is 0 Å². The van der Waals surface area contributed by atoms with Crippen LogP contribution in [0.15, 0.2) is 42.5 Å². The monoisotopic (exact) mass is 305 g/mol. The van der Waals surface area contributed by atoms with E-state index in [-0.39, 0.29) is 0 Å². The second kappa shape index (κ2) is 5.67. The molecular weight excluding hydrogens is 289 g/mol. The summed E-state index contributed by atoms with van der Waals surface area (Å²) in [6, 6.07) is 14.5. The first-order chi connectivity index (χ1) is 9.70. The summed E-state index contributed by atoms with van der Waals surface area (Å²) >= 11 is 12.6. The van der Waals surface area contributed by atoms with Gasteiger partial charge in [-0.15, -0.1) is 11.6 Å². The van der Waals surface area contributed by atoms with Crippen molar-refractivity contribution in [3.8, 4) is 0 Å². The van der Waals surface area contributed by atoms with Crippen molar-refractivity contribution in [2.75, 3.05) is 11.4 Å². The molecule has 0 amide bonds. The van der Waals surface area contributed by atoms with Gasteiger partial charge in [-0.3, -0.25) is 0 Å². The Morgan fingerprint density at radius 2 is 1.95 bits per heavy atom. The smallest absolute Gasteiger partial charge is 0.0646 e. The maximum absolute atomic E-state index is 6.46. The lowest BCUT2D eigenvalue weighted by Crippen LogP contribution is -2.31. The third-order valence-electron chi connectivity index (χ3n) is 3.83. The minimum absolute atomic E-state index is 0.475. The Morgan fingerprint density at radius 1 is 1.15 bits per heavy atom. The second-order valence-corrected chi connectivity index (χ2v) is 6.10. The third kappa shape index (κ3) is 2.41. The molecule has 104 valence electrons. The lowest BCUT2D eigenvalue weighted by atomic mass is 9.93. The lowest BCUT2D eigenvalue weighted by molar-refractivity contribution is 0.562. The molecule has 0 saturated carbocycles. The molecule has 0 N–H and O–H groups in total. The molecule has 3 heteroatoms. The van der Waals surface area contributed by atoms with E-state index in [0.717, 1.165) is 29.2 Å². The minimum Gasteiger partial charge on any atom is -0.340 e. The van der Waals surface area contributed by atoms with Crippen molar-refractivity contribution < 1.29 is 0 Å². The molecule has 1 aliphatic rings. The number of anilines is 2. The Bertz CT molecular complexity index is 624. The number of rotatable bonds is 2. The lowest BCUT2D eigenvalue weighted by Gasteiger charge is -2.36. The van der Waals surface area contributed by atoms with E-state index in [0.29, 0.717) is 11.8 Å². The molecule has 1 unspecified atom stereocenters. The van der Waals surface area contributed by atoms with Crippen LogP contribution in [0.1, 0.15) is 18.1 Å². The zero-order chi connectivity index (χ0) is 14.1. The summed E-state index contributed by atoms with van der Waals surface area (Å²) < 4.78 is 0. The van der Waals surface area contributed by atoms with E-state index in [1.807, 2.05) is 12.1 Å². The van der Waals surface area contributed by atoms with Crippen LogP contribution in [0.5, 0.6) is 0 Å². The van der Waals surface area contributed by atoms with Crippen LogP contribution in [0, 0.1) is 5.92 Å². The van der Waals surface area contributed by atoms with Crippen LogP contribution in [-0.4, -0.2) is 6.54 Å². The van der Waals surface area contributed by atoms with Crippen molar-refractivity contribution in [2.24, 2.45) is 5.92 Å². The van der Waals surface area contributed by atoms with Crippen LogP contribution in [0.4, 0.5) is 11.4 Å². The first-order valence-electron chi connectivity index (χ1n) is 6.89. The molecule has 0 fully saturated rings. The highest BCUT2D eigenvalue weighted by atomic mass is 35.5. The van der Waals surface area contributed by atoms with Gasteiger partial charge < -0.3 is 4.90 Å². The summed E-state index contributed by atoms with van der Waals surface area (Å²) in [5.41, 5.74) is 4.78. The number of nitrogens with zero attached hydrogens (tertiary/aromatic N) is 1.